The minimum atomic E-state index is -0.00651. The number of nitrogens with one attached hydrogen (secondary N) is 1. The van der Waals surface area contributed by atoms with Gasteiger partial charge in [0.1, 0.15) is 0 Å². The highest BCUT2D eigenvalue weighted by molar-refractivity contribution is 5.94. The number of carbonyl (C=O) groups excluding carboxylic acids is 1. The van der Waals surface area contributed by atoms with Crippen molar-refractivity contribution >= 4 is 11.6 Å². The summed E-state index contributed by atoms with van der Waals surface area (Å²) in [6, 6.07) is 19.5. The van der Waals surface area contributed by atoms with E-state index in [1.165, 1.54) is 5.69 Å². The topological polar surface area (TPSA) is 32.3 Å². The molecule has 0 bridgehead atoms. The third-order valence-corrected chi connectivity index (χ3v) is 3.19. The number of benzene rings is 2. The van der Waals surface area contributed by atoms with Crippen molar-refractivity contribution in [3.8, 4) is 0 Å². The normalized spacial score (nSPS) is 10.1. The van der Waals surface area contributed by atoms with Crippen LogP contribution in [0.1, 0.15) is 16.8 Å². The van der Waals surface area contributed by atoms with Gasteiger partial charge in [0, 0.05) is 31.4 Å². The van der Waals surface area contributed by atoms with Gasteiger partial charge in [-0.25, -0.2) is 0 Å². The summed E-state index contributed by atoms with van der Waals surface area (Å²) in [4.78, 5) is 14.0. The van der Waals surface area contributed by atoms with Crippen LogP contribution in [0.15, 0.2) is 60.7 Å². The first-order valence-electron chi connectivity index (χ1n) is 6.87. The van der Waals surface area contributed by atoms with E-state index in [0.717, 1.165) is 13.0 Å². The predicted octanol–water partition coefficient (Wildman–Crippen LogP) is 2.94. The van der Waals surface area contributed by atoms with Crippen LogP contribution in [-0.4, -0.2) is 26.0 Å². The lowest BCUT2D eigenvalue weighted by molar-refractivity contribution is 0.0953. The first kappa shape index (κ1) is 14.1. The zero-order chi connectivity index (χ0) is 14.2. The lowest BCUT2D eigenvalue weighted by Gasteiger charge is -2.19. The van der Waals surface area contributed by atoms with Crippen LogP contribution in [0.25, 0.3) is 0 Å². The molecule has 0 aliphatic heterocycles. The van der Waals surface area contributed by atoms with E-state index >= 15 is 0 Å². The average Bonchev–Trinajstić information content (AvgIpc) is 2.53. The Hall–Kier alpha value is -2.29. The van der Waals surface area contributed by atoms with Crippen molar-refractivity contribution in [1.29, 1.82) is 0 Å². The summed E-state index contributed by atoms with van der Waals surface area (Å²) in [5.74, 6) is -0.00651. The van der Waals surface area contributed by atoms with Gasteiger partial charge in [0.05, 0.1) is 0 Å². The van der Waals surface area contributed by atoms with Gasteiger partial charge in [-0.3, -0.25) is 4.79 Å². The van der Waals surface area contributed by atoms with Crippen molar-refractivity contribution < 1.29 is 4.79 Å². The summed E-state index contributed by atoms with van der Waals surface area (Å²) < 4.78 is 0. The van der Waals surface area contributed by atoms with E-state index in [9.17, 15) is 4.79 Å². The lowest BCUT2D eigenvalue weighted by atomic mass is 10.2. The molecular formula is C17H20N2O. The van der Waals surface area contributed by atoms with E-state index in [1.54, 1.807) is 0 Å². The second-order valence-corrected chi connectivity index (χ2v) is 4.73. The molecule has 0 aliphatic carbocycles. The summed E-state index contributed by atoms with van der Waals surface area (Å²) in [5.41, 5.74) is 1.91. The molecule has 0 spiro atoms. The number of carbonyl (C=O) groups is 1. The first-order valence-corrected chi connectivity index (χ1v) is 6.87. The van der Waals surface area contributed by atoms with Gasteiger partial charge < -0.3 is 10.2 Å². The molecule has 2 aromatic carbocycles. The quantitative estimate of drug-likeness (QED) is 0.817. The summed E-state index contributed by atoms with van der Waals surface area (Å²) in [7, 11) is 2.06. The van der Waals surface area contributed by atoms with Gasteiger partial charge >= 0.3 is 0 Å². The number of rotatable bonds is 6. The van der Waals surface area contributed by atoms with Crippen molar-refractivity contribution in [2.75, 3.05) is 25.0 Å². The second kappa shape index (κ2) is 7.34. The van der Waals surface area contributed by atoms with Gasteiger partial charge in [0.25, 0.3) is 5.91 Å². The fraction of sp³-hybridized carbons (Fsp3) is 0.235. The van der Waals surface area contributed by atoms with E-state index in [4.69, 9.17) is 0 Å². The number of para-hydroxylation sites is 1. The molecule has 1 amide bonds. The Bertz CT molecular complexity index is 525. The number of hydrogen-bond acceptors (Lipinski definition) is 2. The SMILES string of the molecule is CN(CCCNC(=O)c1ccccc1)c1ccccc1. The molecule has 0 saturated heterocycles. The molecule has 0 radical (unpaired) electrons. The molecular weight excluding hydrogens is 248 g/mol. The molecule has 0 fully saturated rings. The fourth-order valence-corrected chi connectivity index (χ4v) is 2.02. The summed E-state index contributed by atoms with van der Waals surface area (Å²) in [5, 5.41) is 2.94. The van der Waals surface area contributed by atoms with Crippen LogP contribution in [0.2, 0.25) is 0 Å². The van der Waals surface area contributed by atoms with Crippen molar-refractivity contribution in [3.05, 3.63) is 66.2 Å². The smallest absolute Gasteiger partial charge is 0.251 e. The fourth-order valence-electron chi connectivity index (χ4n) is 2.02. The summed E-state index contributed by atoms with van der Waals surface area (Å²) in [6.45, 7) is 1.60. The van der Waals surface area contributed by atoms with Crippen molar-refractivity contribution in [2.45, 2.75) is 6.42 Å². The second-order valence-electron chi connectivity index (χ2n) is 4.73. The van der Waals surface area contributed by atoms with Gasteiger partial charge in [-0.05, 0) is 30.7 Å². The minimum Gasteiger partial charge on any atom is -0.375 e. The molecule has 2 aromatic rings. The molecule has 20 heavy (non-hydrogen) atoms. The molecule has 3 heteroatoms. The van der Waals surface area contributed by atoms with E-state index < -0.39 is 0 Å². The molecule has 0 atom stereocenters. The van der Waals surface area contributed by atoms with Crippen LogP contribution in [-0.2, 0) is 0 Å². The monoisotopic (exact) mass is 268 g/mol. The Labute approximate surface area is 120 Å². The van der Waals surface area contributed by atoms with Gasteiger partial charge in [-0.2, -0.15) is 0 Å². The van der Waals surface area contributed by atoms with Crippen LogP contribution in [0.3, 0.4) is 0 Å². The van der Waals surface area contributed by atoms with Crippen LogP contribution in [0.4, 0.5) is 5.69 Å². The van der Waals surface area contributed by atoms with E-state index in [-0.39, 0.29) is 5.91 Å². The Morgan fingerprint density at radius 1 is 1.00 bits per heavy atom. The molecule has 2 rings (SSSR count). The minimum absolute atomic E-state index is 0.00651. The van der Waals surface area contributed by atoms with Crippen LogP contribution in [0, 0.1) is 0 Å². The van der Waals surface area contributed by atoms with Crippen molar-refractivity contribution in [3.63, 3.8) is 0 Å². The van der Waals surface area contributed by atoms with Crippen LogP contribution >= 0.6 is 0 Å². The maximum absolute atomic E-state index is 11.8. The Kier molecular flexibility index (Phi) is 5.18. The van der Waals surface area contributed by atoms with Gasteiger partial charge in [0.2, 0.25) is 0 Å². The molecule has 0 heterocycles. The highest BCUT2D eigenvalue weighted by atomic mass is 16.1. The van der Waals surface area contributed by atoms with Crippen LogP contribution in [0.5, 0.6) is 0 Å². The number of hydrogen-bond donors (Lipinski definition) is 1. The van der Waals surface area contributed by atoms with Gasteiger partial charge in [0.15, 0.2) is 0 Å². The largest absolute Gasteiger partial charge is 0.375 e. The predicted molar refractivity (Wildman–Crippen MR) is 83.1 cm³/mol. The first-order chi connectivity index (χ1) is 9.77. The van der Waals surface area contributed by atoms with Crippen molar-refractivity contribution in [1.82, 2.24) is 5.32 Å². The van der Waals surface area contributed by atoms with Crippen LogP contribution < -0.4 is 10.2 Å². The zero-order valence-corrected chi connectivity index (χ0v) is 11.8. The highest BCUT2D eigenvalue weighted by Gasteiger charge is 2.04. The summed E-state index contributed by atoms with van der Waals surface area (Å²) in [6.07, 6.45) is 0.921. The van der Waals surface area contributed by atoms with Gasteiger partial charge in [-0.1, -0.05) is 36.4 Å². The Balaban J connectivity index is 1.71. The van der Waals surface area contributed by atoms with Crippen molar-refractivity contribution in [2.24, 2.45) is 0 Å². The molecule has 0 aliphatic rings. The van der Waals surface area contributed by atoms with Gasteiger partial charge in [-0.15, -0.1) is 0 Å². The maximum atomic E-state index is 11.8. The average molecular weight is 268 g/mol. The molecule has 104 valence electrons. The molecule has 0 unspecified atom stereocenters. The number of nitrogens with zero attached hydrogens (tertiary/aromatic N) is 1. The third kappa shape index (κ3) is 4.12. The summed E-state index contributed by atoms with van der Waals surface area (Å²) >= 11 is 0. The standard InChI is InChI=1S/C17H20N2O/c1-19(16-11-6-3-7-12-16)14-8-13-18-17(20)15-9-4-2-5-10-15/h2-7,9-12H,8,13-14H2,1H3,(H,18,20). The zero-order valence-electron chi connectivity index (χ0n) is 11.8. The maximum Gasteiger partial charge on any atom is 0.251 e. The Morgan fingerprint density at radius 3 is 2.25 bits per heavy atom. The van der Waals surface area contributed by atoms with E-state index in [1.807, 2.05) is 48.5 Å². The molecule has 1 N–H and O–H groups in total. The number of amides is 1. The molecule has 0 saturated carbocycles. The van der Waals surface area contributed by atoms with E-state index in [2.05, 4.69) is 29.4 Å². The Morgan fingerprint density at radius 2 is 1.60 bits per heavy atom. The highest BCUT2D eigenvalue weighted by Crippen LogP contribution is 2.10. The molecule has 0 aromatic heterocycles. The third-order valence-electron chi connectivity index (χ3n) is 3.19. The molecule has 3 nitrogen and oxygen atoms in total. The lowest BCUT2D eigenvalue weighted by Crippen LogP contribution is -2.28. The number of anilines is 1. The van der Waals surface area contributed by atoms with E-state index in [0.29, 0.717) is 12.1 Å².